The number of likely N-dealkylation sites (tertiary alicyclic amines) is 1. The van der Waals surface area contributed by atoms with Gasteiger partial charge in [-0.15, -0.1) is 5.10 Å². The van der Waals surface area contributed by atoms with E-state index >= 15 is 0 Å². The number of hydrogen-bond acceptors (Lipinski definition) is 4. The van der Waals surface area contributed by atoms with Gasteiger partial charge in [0.05, 0.1) is 12.1 Å². The molecule has 2 rings (SSSR count). The van der Waals surface area contributed by atoms with Crippen LogP contribution in [0.15, 0.2) is 12.4 Å². The zero-order valence-electron chi connectivity index (χ0n) is 9.48. The fraction of sp³-hybridized carbons (Fsp3) is 0.600. The minimum Gasteiger partial charge on any atom is -0.481 e. The molecule has 2 atom stereocenters. The summed E-state index contributed by atoms with van der Waals surface area (Å²) in [4.78, 5) is 24.5. The van der Waals surface area contributed by atoms with Gasteiger partial charge in [0.25, 0.3) is 0 Å². The smallest absolute Gasteiger partial charge is 0.308 e. The molecule has 0 spiro atoms. The van der Waals surface area contributed by atoms with E-state index in [4.69, 9.17) is 5.11 Å². The molecule has 2 unspecified atom stereocenters. The van der Waals surface area contributed by atoms with Gasteiger partial charge in [-0.1, -0.05) is 5.21 Å². The van der Waals surface area contributed by atoms with E-state index in [1.165, 1.54) is 10.9 Å². The number of carboxylic acid groups (broad SMARTS) is 1. The third-order valence-electron chi connectivity index (χ3n) is 3.16. The second-order valence-electron chi connectivity index (χ2n) is 4.16. The zero-order chi connectivity index (χ0) is 12.4. The van der Waals surface area contributed by atoms with E-state index in [9.17, 15) is 9.59 Å². The molecule has 1 aromatic heterocycles. The maximum Gasteiger partial charge on any atom is 0.308 e. The van der Waals surface area contributed by atoms with E-state index in [0.29, 0.717) is 13.0 Å². The highest BCUT2D eigenvalue weighted by Crippen LogP contribution is 2.24. The summed E-state index contributed by atoms with van der Waals surface area (Å²) in [6, 6.07) is -0.261. The van der Waals surface area contributed by atoms with Crippen molar-refractivity contribution in [1.82, 2.24) is 19.9 Å². The topological polar surface area (TPSA) is 88.3 Å². The Morgan fingerprint density at radius 3 is 2.82 bits per heavy atom. The monoisotopic (exact) mass is 238 g/mol. The summed E-state index contributed by atoms with van der Waals surface area (Å²) < 4.78 is 1.43. The second-order valence-corrected chi connectivity index (χ2v) is 4.16. The van der Waals surface area contributed by atoms with Crippen molar-refractivity contribution in [3.8, 4) is 0 Å². The second kappa shape index (κ2) is 4.52. The normalized spacial score (nSPS) is 23.9. The van der Waals surface area contributed by atoms with E-state index in [-0.39, 0.29) is 18.5 Å². The molecule has 0 radical (unpaired) electrons. The Morgan fingerprint density at radius 1 is 1.53 bits per heavy atom. The van der Waals surface area contributed by atoms with Crippen LogP contribution in [0, 0.1) is 5.92 Å². The number of aliphatic carboxylic acids is 1. The van der Waals surface area contributed by atoms with Crippen LogP contribution in [0.3, 0.4) is 0 Å². The molecule has 1 aliphatic heterocycles. The Kier molecular flexibility index (Phi) is 3.08. The van der Waals surface area contributed by atoms with Crippen molar-refractivity contribution >= 4 is 11.9 Å². The van der Waals surface area contributed by atoms with Crippen molar-refractivity contribution in [2.45, 2.75) is 25.9 Å². The van der Waals surface area contributed by atoms with Crippen molar-refractivity contribution in [2.75, 3.05) is 6.54 Å². The lowest BCUT2D eigenvalue weighted by atomic mass is 10.0. The lowest BCUT2D eigenvalue weighted by Crippen LogP contribution is -2.39. The Bertz CT molecular complexity index is 417. The highest BCUT2D eigenvalue weighted by atomic mass is 16.4. The van der Waals surface area contributed by atoms with Crippen LogP contribution >= 0.6 is 0 Å². The number of carbonyl (C=O) groups is 2. The third kappa shape index (κ3) is 2.27. The van der Waals surface area contributed by atoms with Gasteiger partial charge in [0.15, 0.2) is 0 Å². The van der Waals surface area contributed by atoms with Crippen LogP contribution in [0.2, 0.25) is 0 Å². The first-order chi connectivity index (χ1) is 8.09. The number of amides is 1. The van der Waals surface area contributed by atoms with E-state index in [1.54, 1.807) is 18.0 Å². The fourth-order valence-corrected chi connectivity index (χ4v) is 2.17. The number of carboxylic acids is 1. The Balaban J connectivity index is 1.99. The van der Waals surface area contributed by atoms with Crippen LogP contribution in [-0.4, -0.2) is 49.5 Å². The van der Waals surface area contributed by atoms with Crippen molar-refractivity contribution in [3.05, 3.63) is 12.4 Å². The summed E-state index contributed by atoms with van der Waals surface area (Å²) in [6.45, 7) is 2.37. The summed E-state index contributed by atoms with van der Waals surface area (Å²) in [5.41, 5.74) is 0. The fourth-order valence-electron chi connectivity index (χ4n) is 2.17. The summed E-state index contributed by atoms with van der Waals surface area (Å²) in [6.07, 6.45) is 3.62. The number of rotatable bonds is 3. The highest BCUT2D eigenvalue weighted by molar-refractivity contribution is 5.79. The first kappa shape index (κ1) is 11.6. The van der Waals surface area contributed by atoms with Gasteiger partial charge in [-0.25, -0.2) is 4.68 Å². The molecule has 0 saturated carbocycles. The molecule has 0 bridgehead atoms. The van der Waals surface area contributed by atoms with E-state index in [2.05, 4.69) is 10.3 Å². The molecular weight excluding hydrogens is 224 g/mol. The Labute approximate surface area is 98.0 Å². The average molecular weight is 238 g/mol. The Hall–Kier alpha value is -1.92. The van der Waals surface area contributed by atoms with E-state index in [0.717, 1.165) is 0 Å². The van der Waals surface area contributed by atoms with E-state index < -0.39 is 11.9 Å². The number of carbonyl (C=O) groups excluding carboxylic acids is 1. The van der Waals surface area contributed by atoms with Gasteiger partial charge < -0.3 is 10.0 Å². The molecule has 1 fully saturated rings. The highest BCUT2D eigenvalue weighted by Gasteiger charge is 2.37. The molecule has 1 amide bonds. The molecule has 17 heavy (non-hydrogen) atoms. The quantitative estimate of drug-likeness (QED) is 0.774. The number of hydrogen-bond donors (Lipinski definition) is 1. The van der Waals surface area contributed by atoms with Gasteiger partial charge in [0, 0.05) is 18.8 Å². The largest absolute Gasteiger partial charge is 0.481 e. The van der Waals surface area contributed by atoms with Crippen LogP contribution in [0.5, 0.6) is 0 Å². The predicted octanol–water partition coefficient (Wildman–Crippen LogP) is -0.400. The van der Waals surface area contributed by atoms with Gasteiger partial charge in [-0.05, 0) is 13.3 Å². The minimum absolute atomic E-state index is 0.108. The van der Waals surface area contributed by atoms with Gasteiger partial charge >= 0.3 is 5.97 Å². The van der Waals surface area contributed by atoms with Gasteiger partial charge in [0.2, 0.25) is 5.91 Å². The van der Waals surface area contributed by atoms with E-state index in [1.807, 2.05) is 0 Å². The Morgan fingerprint density at radius 2 is 2.29 bits per heavy atom. The van der Waals surface area contributed by atoms with Gasteiger partial charge in [0.1, 0.15) is 6.54 Å². The third-order valence-corrected chi connectivity index (χ3v) is 3.16. The predicted molar refractivity (Wildman–Crippen MR) is 56.9 cm³/mol. The summed E-state index contributed by atoms with van der Waals surface area (Å²) in [5.74, 6) is -1.42. The first-order valence-electron chi connectivity index (χ1n) is 5.46. The number of aromatic nitrogens is 3. The van der Waals surface area contributed by atoms with Crippen molar-refractivity contribution < 1.29 is 14.7 Å². The molecule has 7 heteroatoms. The lowest BCUT2D eigenvalue weighted by molar-refractivity contribution is -0.143. The molecule has 1 aliphatic rings. The van der Waals surface area contributed by atoms with Crippen LogP contribution in [0.25, 0.3) is 0 Å². The van der Waals surface area contributed by atoms with Crippen LogP contribution < -0.4 is 0 Å². The molecular formula is C10H14N4O3. The van der Waals surface area contributed by atoms with Crippen LogP contribution in [0.4, 0.5) is 0 Å². The maximum atomic E-state index is 11.9. The van der Waals surface area contributed by atoms with Crippen LogP contribution in [0.1, 0.15) is 13.3 Å². The summed E-state index contributed by atoms with van der Waals surface area (Å²) in [5, 5.41) is 16.3. The van der Waals surface area contributed by atoms with Gasteiger partial charge in [-0.3, -0.25) is 9.59 Å². The van der Waals surface area contributed by atoms with Crippen molar-refractivity contribution in [2.24, 2.45) is 5.92 Å². The molecule has 0 aromatic carbocycles. The molecule has 0 aliphatic carbocycles. The molecule has 92 valence electrons. The number of nitrogens with zero attached hydrogens (tertiary/aromatic N) is 4. The van der Waals surface area contributed by atoms with Crippen LogP contribution in [-0.2, 0) is 16.1 Å². The standard InChI is InChI=1S/C10H14N4O3/c1-7-8(10(16)17)2-4-14(7)9(15)6-13-5-3-11-12-13/h3,5,7-8H,2,4,6H2,1H3,(H,16,17). The maximum absolute atomic E-state index is 11.9. The van der Waals surface area contributed by atoms with Crippen molar-refractivity contribution in [3.63, 3.8) is 0 Å². The molecule has 2 heterocycles. The SMILES string of the molecule is CC1C(C(=O)O)CCN1C(=O)Cn1ccnn1. The molecule has 1 N–H and O–H groups in total. The zero-order valence-corrected chi connectivity index (χ0v) is 9.48. The molecule has 1 aromatic rings. The molecule has 1 saturated heterocycles. The van der Waals surface area contributed by atoms with Gasteiger partial charge in [-0.2, -0.15) is 0 Å². The summed E-state index contributed by atoms with van der Waals surface area (Å²) in [7, 11) is 0. The summed E-state index contributed by atoms with van der Waals surface area (Å²) >= 11 is 0. The molecule has 7 nitrogen and oxygen atoms in total. The minimum atomic E-state index is -0.839. The van der Waals surface area contributed by atoms with Crippen molar-refractivity contribution in [1.29, 1.82) is 0 Å². The first-order valence-corrected chi connectivity index (χ1v) is 5.46. The lowest BCUT2D eigenvalue weighted by Gasteiger charge is -2.23. The average Bonchev–Trinajstić information content (AvgIpc) is 2.86.